The van der Waals surface area contributed by atoms with Crippen LogP contribution in [-0.4, -0.2) is 30.0 Å². The van der Waals surface area contributed by atoms with Crippen molar-refractivity contribution in [3.63, 3.8) is 0 Å². The topological polar surface area (TPSA) is 72.2 Å². The van der Waals surface area contributed by atoms with Gasteiger partial charge in [0.25, 0.3) is 5.78 Å². The molecule has 2 heterocycles. The molecule has 0 saturated carbocycles. The molecule has 0 spiro atoms. The highest BCUT2D eigenvalue weighted by molar-refractivity contribution is 7.83. The molecular formula is C19H17N5OS. The van der Waals surface area contributed by atoms with Crippen LogP contribution in [0.3, 0.4) is 0 Å². The second kappa shape index (κ2) is 7.05. The van der Waals surface area contributed by atoms with Crippen LogP contribution in [0.5, 0.6) is 0 Å². The summed E-state index contributed by atoms with van der Waals surface area (Å²) in [7, 11) is -0.881. The third-order valence-electron chi connectivity index (χ3n) is 3.89. The van der Waals surface area contributed by atoms with E-state index in [0.717, 1.165) is 28.3 Å². The van der Waals surface area contributed by atoms with Gasteiger partial charge in [0.2, 0.25) is 0 Å². The van der Waals surface area contributed by atoms with Crippen molar-refractivity contribution in [1.82, 2.24) is 19.6 Å². The molecule has 0 amide bonds. The van der Waals surface area contributed by atoms with Crippen LogP contribution in [0.15, 0.2) is 67.0 Å². The maximum Gasteiger partial charge on any atom is 0.254 e. The summed E-state index contributed by atoms with van der Waals surface area (Å²) in [5, 5.41) is 7.63. The molecular weight excluding hydrogens is 346 g/mol. The molecule has 4 aromatic rings. The van der Waals surface area contributed by atoms with E-state index < -0.39 is 10.8 Å². The summed E-state index contributed by atoms with van der Waals surface area (Å²) >= 11 is 0. The summed E-state index contributed by atoms with van der Waals surface area (Å²) in [4.78, 5) is 8.80. The van der Waals surface area contributed by atoms with Crippen molar-refractivity contribution in [1.29, 1.82) is 0 Å². The molecule has 26 heavy (non-hydrogen) atoms. The summed E-state index contributed by atoms with van der Waals surface area (Å²) in [5.41, 5.74) is 3.74. The van der Waals surface area contributed by atoms with Gasteiger partial charge >= 0.3 is 0 Å². The second-order valence-electron chi connectivity index (χ2n) is 5.91. The Kier molecular flexibility index (Phi) is 4.45. The maximum absolute atomic E-state index is 11.5. The maximum atomic E-state index is 11.5. The van der Waals surface area contributed by atoms with Crippen molar-refractivity contribution in [2.75, 3.05) is 11.6 Å². The van der Waals surface area contributed by atoms with Gasteiger partial charge < -0.3 is 5.32 Å². The fourth-order valence-electron chi connectivity index (χ4n) is 2.78. The first-order chi connectivity index (χ1) is 12.7. The van der Waals surface area contributed by atoms with Crippen LogP contribution in [0.2, 0.25) is 0 Å². The molecule has 0 aliphatic rings. The number of hydrogen-bond acceptors (Lipinski definition) is 5. The van der Waals surface area contributed by atoms with Crippen LogP contribution in [0.1, 0.15) is 5.56 Å². The van der Waals surface area contributed by atoms with Crippen molar-refractivity contribution in [2.45, 2.75) is 5.75 Å². The van der Waals surface area contributed by atoms with Gasteiger partial charge in [-0.05, 0) is 17.7 Å². The van der Waals surface area contributed by atoms with Gasteiger partial charge in [0.1, 0.15) is 12.1 Å². The SMILES string of the molecule is CS(=O)Cc1cccc(Nc2cc(-c3ccccc3)nc3ncnn23)c1. The number of rotatable bonds is 5. The highest BCUT2D eigenvalue weighted by Crippen LogP contribution is 2.24. The standard InChI is InChI=1S/C19H17N5OS/c1-26(25)12-14-6-5-9-16(10-14)22-18-11-17(15-7-3-2-4-8-15)23-19-20-13-21-24(18)19/h2-11,13,22H,12H2,1H3. The van der Waals surface area contributed by atoms with Crippen LogP contribution >= 0.6 is 0 Å². The lowest BCUT2D eigenvalue weighted by Crippen LogP contribution is -2.03. The van der Waals surface area contributed by atoms with E-state index in [1.165, 1.54) is 6.33 Å². The van der Waals surface area contributed by atoms with Crippen molar-refractivity contribution in [2.24, 2.45) is 0 Å². The Hall–Kier alpha value is -3.06. The van der Waals surface area contributed by atoms with E-state index in [4.69, 9.17) is 0 Å². The second-order valence-corrected chi connectivity index (χ2v) is 7.34. The van der Waals surface area contributed by atoms with Crippen LogP contribution < -0.4 is 5.32 Å². The van der Waals surface area contributed by atoms with E-state index in [1.54, 1.807) is 10.8 Å². The monoisotopic (exact) mass is 363 g/mol. The first-order valence-electron chi connectivity index (χ1n) is 8.11. The Labute approximate surface area is 153 Å². The molecule has 1 unspecified atom stereocenters. The largest absolute Gasteiger partial charge is 0.340 e. The minimum atomic E-state index is -0.881. The van der Waals surface area contributed by atoms with Gasteiger partial charge in [0.05, 0.1) is 5.69 Å². The van der Waals surface area contributed by atoms with E-state index in [2.05, 4.69) is 20.4 Å². The predicted molar refractivity (Wildman–Crippen MR) is 104 cm³/mol. The van der Waals surface area contributed by atoms with Crippen molar-refractivity contribution >= 4 is 28.1 Å². The zero-order chi connectivity index (χ0) is 17.9. The average Bonchev–Trinajstić information content (AvgIpc) is 3.11. The molecule has 0 aliphatic heterocycles. The molecule has 6 nitrogen and oxygen atoms in total. The Morgan fingerprint density at radius 1 is 1.08 bits per heavy atom. The molecule has 0 fully saturated rings. The third kappa shape index (κ3) is 3.48. The first-order valence-corrected chi connectivity index (χ1v) is 9.84. The van der Waals surface area contributed by atoms with Gasteiger partial charge in [-0.15, -0.1) is 0 Å². The fourth-order valence-corrected chi connectivity index (χ4v) is 3.43. The molecule has 1 atom stereocenters. The van der Waals surface area contributed by atoms with Crippen LogP contribution in [0.25, 0.3) is 17.0 Å². The van der Waals surface area contributed by atoms with E-state index in [0.29, 0.717) is 11.5 Å². The van der Waals surface area contributed by atoms with Gasteiger partial charge in [-0.1, -0.05) is 42.5 Å². The van der Waals surface area contributed by atoms with Crippen molar-refractivity contribution in [3.05, 3.63) is 72.6 Å². The average molecular weight is 363 g/mol. The zero-order valence-electron chi connectivity index (χ0n) is 14.2. The molecule has 7 heteroatoms. The summed E-state index contributed by atoms with van der Waals surface area (Å²) in [5.74, 6) is 1.82. The fraction of sp³-hybridized carbons (Fsp3) is 0.105. The molecule has 130 valence electrons. The van der Waals surface area contributed by atoms with Crippen LogP contribution in [0, 0.1) is 0 Å². The molecule has 0 radical (unpaired) electrons. The molecule has 0 aliphatic carbocycles. The van der Waals surface area contributed by atoms with Crippen LogP contribution in [0.4, 0.5) is 11.5 Å². The van der Waals surface area contributed by atoms with Crippen molar-refractivity contribution < 1.29 is 4.21 Å². The van der Waals surface area contributed by atoms with E-state index in [9.17, 15) is 4.21 Å². The van der Waals surface area contributed by atoms with Gasteiger partial charge in [-0.2, -0.15) is 14.6 Å². The predicted octanol–water partition coefficient (Wildman–Crippen LogP) is 3.41. The summed E-state index contributed by atoms with van der Waals surface area (Å²) < 4.78 is 13.1. The number of anilines is 2. The molecule has 1 N–H and O–H groups in total. The molecule has 4 rings (SSSR count). The number of fused-ring (bicyclic) bond motifs is 1. The smallest absolute Gasteiger partial charge is 0.254 e. The van der Waals surface area contributed by atoms with E-state index in [-0.39, 0.29) is 0 Å². The Morgan fingerprint density at radius 2 is 1.92 bits per heavy atom. The van der Waals surface area contributed by atoms with Gasteiger partial charge in [0.15, 0.2) is 0 Å². The minimum absolute atomic E-state index is 0.527. The Bertz CT molecular complexity index is 1080. The zero-order valence-corrected chi connectivity index (χ0v) is 15.0. The van der Waals surface area contributed by atoms with Gasteiger partial charge in [0, 0.05) is 40.1 Å². The normalized spacial score (nSPS) is 12.2. The summed E-state index contributed by atoms with van der Waals surface area (Å²) in [6.45, 7) is 0. The molecule has 2 aromatic heterocycles. The minimum Gasteiger partial charge on any atom is -0.340 e. The third-order valence-corrected chi connectivity index (χ3v) is 4.63. The summed E-state index contributed by atoms with van der Waals surface area (Å²) in [6.07, 6.45) is 3.19. The molecule has 0 saturated heterocycles. The Balaban J connectivity index is 1.74. The lowest BCUT2D eigenvalue weighted by molar-refractivity contribution is 0.686. The number of benzene rings is 2. The van der Waals surface area contributed by atoms with Crippen molar-refractivity contribution in [3.8, 4) is 11.3 Å². The van der Waals surface area contributed by atoms with Gasteiger partial charge in [-0.25, -0.2) is 4.98 Å². The highest BCUT2D eigenvalue weighted by atomic mass is 32.2. The van der Waals surface area contributed by atoms with Crippen LogP contribution in [-0.2, 0) is 16.6 Å². The number of nitrogens with one attached hydrogen (secondary N) is 1. The van der Waals surface area contributed by atoms with Gasteiger partial charge in [-0.3, -0.25) is 4.21 Å². The summed E-state index contributed by atoms with van der Waals surface area (Å²) in [6, 6.07) is 19.8. The Morgan fingerprint density at radius 3 is 2.73 bits per heavy atom. The van der Waals surface area contributed by atoms with E-state index in [1.807, 2.05) is 60.7 Å². The lowest BCUT2D eigenvalue weighted by atomic mass is 10.1. The lowest BCUT2D eigenvalue weighted by Gasteiger charge is -2.11. The number of aromatic nitrogens is 4. The first kappa shape index (κ1) is 16.4. The van der Waals surface area contributed by atoms with E-state index >= 15 is 0 Å². The molecule has 2 aromatic carbocycles. The number of hydrogen-bond donors (Lipinski definition) is 1. The highest BCUT2D eigenvalue weighted by Gasteiger charge is 2.10. The molecule has 0 bridgehead atoms. The number of nitrogens with zero attached hydrogens (tertiary/aromatic N) is 4. The quantitative estimate of drug-likeness (QED) is 0.588.